The third-order valence-electron chi connectivity index (χ3n) is 7.58. The van der Waals surface area contributed by atoms with E-state index in [1.54, 1.807) is 6.08 Å². The summed E-state index contributed by atoms with van der Waals surface area (Å²) in [7, 11) is 0. The number of imidazole rings is 1. The van der Waals surface area contributed by atoms with Gasteiger partial charge in [0.25, 0.3) is 5.91 Å². The maximum absolute atomic E-state index is 12.8. The average Bonchev–Trinajstić information content (AvgIpc) is 3.30. The van der Waals surface area contributed by atoms with Crippen molar-refractivity contribution >= 4 is 5.91 Å². The van der Waals surface area contributed by atoms with Gasteiger partial charge in [-0.25, -0.2) is 4.98 Å². The molecule has 0 bridgehead atoms. The minimum absolute atomic E-state index is 0.0309. The number of rotatable bonds is 5. The molecule has 194 valence electrons. The molecule has 1 amide bonds. The van der Waals surface area contributed by atoms with E-state index in [9.17, 15) is 23.1 Å². The highest BCUT2D eigenvalue weighted by Gasteiger charge is 2.42. The molecule has 10 heteroatoms. The number of alkyl halides is 3. The quantitative estimate of drug-likeness (QED) is 0.554. The van der Waals surface area contributed by atoms with E-state index in [0.717, 1.165) is 30.4 Å². The first kappa shape index (κ1) is 26.2. The smallest absolute Gasteiger partial charge is 0.389 e. The predicted molar refractivity (Wildman–Crippen MR) is 127 cm³/mol. The number of aromatic amines is 1. The Labute approximate surface area is 208 Å². The molecule has 7 nitrogen and oxygen atoms in total. The lowest BCUT2D eigenvalue weighted by molar-refractivity contribution is -0.156. The summed E-state index contributed by atoms with van der Waals surface area (Å²) in [6, 6.07) is 1.91. The zero-order valence-electron chi connectivity index (χ0n) is 20.6. The SMILES string of the molecule is CC1(C)CC=C(C2=C(NC(=O)c3ncc(C#N)[nH]3)C=CC(C3(O)CCN(CC(F)(F)F)CC3)C2)CC1. The Morgan fingerprint density at radius 2 is 2.06 bits per heavy atom. The van der Waals surface area contributed by atoms with Crippen molar-refractivity contribution in [3.05, 3.63) is 52.8 Å². The fraction of sp³-hybridized carbons (Fsp3) is 0.577. The monoisotopic (exact) mass is 503 g/mol. The lowest BCUT2D eigenvalue weighted by Crippen LogP contribution is -2.50. The number of nitrogens with zero attached hydrogens (tertiary/aromatic N) is 3. The molecule has 36 heavy (non-hydrogen) atoms. The fourth-order valence-electron chi connectivity index (χ4n) is 5.25. The zero-order chi connectivity index (χ0) is 26.1. The molecule has 2 heterocycles. The van der Waals surface area contributed by atoms with Gasteiger partial charge in [-0.05, 0) is 61.2 Å². The van der Waals surface area contributed by atoms with E-state index in [1.165, 1.54) is 11.1 Å². The molecular formula is C26H32F3N5O2. The van der Waals surface area contributed by atoms with Crippen LogP contribution in [0, 0.1) is 22.7 Å². The Bertz CT molecular complexity index is 1130. The maximum Gasteiger partial charge on any atom is 0.401 e. The number of hydrogen-bond acceptors (Lipinski definition) is 5. The van der Waals surface area contributed by atoms with Crippen molar-refractivity contribution in [2.45, 2.75) is 64.1 Å². The van der Waals surface area contributed by atoms with Crippen LogP contribution in [-0.4, -0.2) is 57.3 Å². The number of hydrogen-bond donors (Lipinski definition) is 3. The summed E-state index contributed by atoms with van der Waals surface area (Å²) in [4.78, 5) is 20.8. The molecule has 1 aliphatic heterocycles. The van der Waals surface area contributed by atoms with Crippen molar-refractivity contribution < 1.29 is 23.1 Å². The molecular weight excluding hydrogens is 471 g/mol. The van der Waals surface area contributed by atoms with Gasteiger partial charge in [0.1, 0.15) is 11.8 Å². The Hall–Kier alpha value is -2.90. The number of allylic oxidation sites excluding steroid dienone is 4. The van der Waals surface area contributed by atoms with Crippen LogP contribution < -0.4 is 5.32 Å². The van der Waals surface area contributed by atoms with Gasteiger partial charge in [0, 0.05) is 24.7 Å². The lowest BCUT2D eigenvalue weighted by Gasteiger charge is -2.44. The molecule has 3 N–H and O–H groups in total. The van der Waals surface area contributed by atoms with Crippen molar-refractivity contribution in [3.63, 3.8) is 0 Å². The highest BCUT2D eigenvalue weighted by molar-refractivity contribution is 5.92. The van der Waals surface area contributed by atoms with Gasteiger partial charge in [0.2, 0.25) is 0 Å². The molecule has 0 spiro atoms. The second kappa shape index (κ2) is 9.87. The molecule has 1 aromatic rings. The highest BCUT2D eigenvalue weighted by atomic mass is 19.4. The number of piperidine rings is 1. The Balaban J connectivity index is 1.54. The number of H-pyrrole nitrogens is 1. The van der Waals surface area contributed by atoms with Crippen molar-refractivity contribution in [3.8, 4) is 6.07 Å². The molecule has 1 atom stereocenters. The topological polar surface area (TPSA) is 105 Å². The third-order valence-corrected chi connectivity index (χ3v) is 7.58. The predicted octanol–water partition coefficient (Wildman–Crippen LogP) is 4.37. The summed E-state index contributed by atoms with van der Waals surface area (Å²) in [6.45, 7) is 3.82. The normalized spacial score (nSPS) is 24.2. The van der Waals surface area contributed by atoms with Crippen LogP contribution in [0.5, 0.6) is 0 Å². The minimum Gasteiger partial charge on any atom is -0.389 e. The van der Waals surface area contributed by atoms with Crippen LogP contribution in [-0.2, 0) is 0 Å². The van der Waals surface area contributed by atoms with Gasteiger partial charge in [0.15, 0.2) is 5.82 Å². The number of aromatic nitrogens is 2. The Kier molecular flexibility index (Phi) is 7.17. The summed E-state index contributed by atoms with van der Waals surface area (Å²) < 4.78 is 38.4. The Morgan fingerprint density at radius 1 is 1.33 bits per heavy atom. The molecule has 1 aromatic heterocycles. The summed E-state index contributed by atoms with van der Waals surface area (Å²) in [6.07, 6.45) is 6.57. The third kappa shape index (κ3) is 6.08. The van der Waals surface area contributed by atoms with E-state index in [1.807, 2.05) is 12.1 Å². The van der Waals surface area contributed by atoms with Gasteiger partial charge in [-0.3, -0.25) is 9.69 Å². The van der Waals surface area contributed by atoms with Crippen LogP contribution >= 0.6 is 0 Å². The van der Waals surface area contributed by atoms with E-state index in [-0.39, 0.29) is 48.8 Å². The lowest BCUT2D eigenvalue weighted by atomic mass is 9.70. The van der Waals surface area contributed by atoms with Gasteiger partial charge in [-0.2, -0.15) is 18.4 Å². The van der Waals surface area contributed by atoms with Crippen LogP contribution in [0.3, 0.4) is 0 Å². The summed E-state index contributed by atoms with van der Waals surface area (Å²) in [5, 5.41) is 23.4. The van der Waals surface area contributed by atoms with E-state index >= 15 is 0 Å². The molecule has 0 radical (unpaired) electrons. The highest BCUT2D eigenvalue weighted by Crippen LogP contribution is 2.43. The number of carbonyl (C=O) groups is 1. The Morgan fingerprint density at radius 3 is 2.64 bits per heavy atom. The molecule has 0 aromatic carbocycles. The van der Waals surface area contributed by atoms with Crippen LogP contribution in [0.2, 0.25) is 0 Å². The maximum atomic E-state index is 12.8. The number of halogens is 3. The van der Waals surface area contributed by atoms with Gasteiger partial charge in [-0.15, -0.1) is 0 Å². The number of aliphatic hydroxyl groups is 1. The number of nitriles is 1. The van der Waals surface area contributed by atoms with Crippen molar-refractivity contribution in [1.82, 2.24) is 20.2 Å². The standard InChI is InChI=1S/C26H32F3N5O2/c1-24(2)7-5-17(6-8-24)20-13-18(25(36)9-11-34(12-10-25)16-26(27,28)29)3-4-21(20)33-23(35)22-31-15-19(14-30)32-22/h3-5,15,18,36H,6-13,16H2,1-2H3,(H,31,32)(H,33,35). The second-order valence-electron chi connectivity index (χ2n) is 10.9. The fourth-order valence-corrected chi connectivity index (χ4v) is 5.25. The number of likely N-dealkylation sites (tertiary alicyclic amines) is 1. The molecule has 2 aliphatic carbocycles. The number of nitrogens with one attached hydrogen (secondary N) is 2. The summed E-state index contributed by atoms with van der Waals surface area (Å²) in [5.74, 6) is -0.711. The molecule has 1 saturated heterocycles. The van der Waals surface area contributed by atoms with Gasteiger partial charge in [-0.1, -0.05) is 26.0 Å². The number of carbonyl (C=O) groups excluding carboxylic acids is 1. The van der Waals surface area contributed by atoms with Crippen molar-refractivity contribution in [2.24, 2.45) is 11.3 Å². The van der Waals surface area contributed by atoms with E-state index in [4.69, 9.17) is 5.26 Å². The van der Waals surface area contributed by atoms with Gasteiger partial charge < -0.3 is 15.4 Å². The van der Waals surface area contributed by atoms with Crippen LogP contribution in [0.25, 0.3) is 0 Å². The van der Waals surface area contributed by atoms with E-state index < -0.39 is 24.2 Å². The first-order valence-electron chi connectivity index (χ1n) is 12.3. The van der Waals surface area contributed by atoms with E-state index in [2.05, 4.69) is 35.2 Å². The van der Waals surface area contributed by atoms with E-state index in [0.29, 0.717) is 12.1 Å². The van der Waals surface area contributed by atoms with Crippen LogP contribution in [0.15, 0.2) is 41.3 Å². The molecule has 1 fully saturated rings. The molecule has 0 saturated carbocycles. The molecule has 3 aliphatic rings. The van der Waals surface area contributed by atoms with Gasteiger partial charge in [0.05, 0.1) is 18.3 Å². The number of amides is 1. The van der Waals surface area contributed by atoms with Crippen LogP contribution in [0.4, 0.5) is 13.2 Å². The first-order valence-corrected chi connectivity index (χ1v) is 12.3. The average molecular weight is 504 g/mol. The summed E-state index contributed by atoms with van der Waals surface area (Å²) >= 11 is 0. The van der Waals surface area contributed by atoms with Crippen molar-refractivity contribution in [2.75, 3.05) is 19.6 Å². The minimum atomic E-state index is -4.26. The summed E-state index contributed by atoms with van der Waals surface area (Å²) in [5.41, 5.74) is 1.93. The second-order valence-corrected chi connectivity index (χ2v) is 10.9. The first-order chi connectivity index (χ1) is 16.9. The van der Waals surface area contributed by atoms with Gasteiger partial charge >= 0.3 is 6.18 Å². The van der Waals surface area contributed by atoms with Crippen molar-refractivity contribution in [1.29, 1.82) is 5.26 Å². The molecule has 1 unspecified atom stereocenters. The van der Waals surface area contributed by atoms with Crippen LogP contribution in [0.1, 0.15) is 68.7 Å². The molecule has 4 rings (SSSR count). The zero-order valence-corrected chi connectivity index (χ0v) is 20.6. The largest absolute Gasteiger partial charge is 0.401 e.